The van der Waals surface area contributed by atoms with Crippen molar-refractivity contribution in [3.8, 4) is 0 Å². The molecule has 0 saturated carbocycles. The quantitative estimate of drug-likeness (QED) is 0.134. The van der Waals surface area contributed by atoms with Crippen LogP contribution in [0.5, 0.6) is 0 Å². The van der Waals surface area contributed by atoms with E-state index in [4.69, 9.17) is 39.9 Å². The third-order valence-electron chi connectivity index (χ3n) is 25.9. The van der Waals surface area contributed by atoms with Crippen molar-refractivity contribution < 1.29 is 39.9 Å². The molecule has 0 fully saturated rings. The van der Waals surface area contributed by atoms with Crippen molar-refractivity contribution in [2.24, 2.45) is 0 Å². The van der Waals surface area contributed by atoms with Crippen LogP contribution in [0.1, 0.15) is 164 Å². The molecule has 5 aliphatic heterocycles. The average Bonchev–Trinajstić information content (AvgIpc) is 1.57. The van der Waals surface area contributed by atoms with Gasteiger partial charge in [0.05, 0.1) is 68.0 Å². The monoisotopic (exact) mass is 1740 g/mol. The average molecular weight is 1740 g/mol. The number of pyridine rings is 5. The van der Waals surface area contributed by atoms with Gasteiger partial charge in [-0.25, -0.2) is 24.9 Å². The normalized spacial score (nSPS) is 19.9. The summed E-state index contributed by atoms with van der Waals surface area (Å²) < 4.78 is 137. The highest BCUT2D eigenvalue weighted by molar-refractivity contribution is 6.14. The van der Waals surface area contributed by atoms with Crippen LogP contribution in [-0.4, -0.2) is 96.6 Å². The van der Waals surface area contributed by atoms with Gasteiger partial charge in [0.2, 0.25) is 28.6 Å². The third kappa shape index (κ3) is 14.3. The van der Waals surface area contributed by atoms with E-state index < -0.39 is 57.1 Å². The van der Waals surface area contributed by atoms with Crippen LogP contribution in [0.3, 0.4) is 0 Å². The van der Waals surface area contributed by atoms with Crippen molar-refractivity contribution in [3.05, 3.63) is 275 Å². The van der Waals surface area contributed by atoms with E-state index in [2.05, 4.69) is 138 Å². The molecule has 5 aliphatic rings. The highest BCUT2D eigenvalue weighted by Crippen LogP contribution is 2.54. The van der Waals surface area contributed by atoms with E-state index >= 15 is 0 Å². The molecule has 0 aliphatic carbocycles. The summed E-state index contributed by atoms with van der Waals surface area (Å²) in [4.78, 5) is 42.3. The Hall–Kier alpha value is -14.0. The van der Waals surface area contributed by atoms with E-state index in [-0.39, 0.29) is 18.5 Å². The maximum Gasteiger partial charge on any atom is 0.227 e. The summed E-state index contributed by atoms with van der Waals surface area (Å²) in [7, 11) is 0. The highest BCUT2D eigenvalue weighted by atomic mass is 16.4. The lowest BCUT2D eigenvalue weighted by Crippen LogP contribution is -2.42. The Morgan fingerprint density at radius 3 is 0.823 bits per heavy atom. The third-order valence-corrected chi connectivity index (χ3v) is 25.9. The second-order valence-electron chi connectivity index (χ2n) is 35.2. The van der Waals surface area contributed by atoms with Crippen molar-refractivity contribution in [1.29, 1.82) is 0 Å². The number of para-hydroxylation sites is 6. The number of rotatable bonds is 9. The first kappa shape index (κ1) is 71.0. The van der Waals surface area contributed by atoms with Gasteiger partial charge in [-0.1, -0.05) is 97.1 Å². The van der Waals surface area contributed by atoms with Crippen molar-refractivity contribution in [3.63, 3.8) is 0 Å². The van der Waals surface area contributed by atoms with E-state index in [0.717, 1.165) is 184 Å². The molecule has 7 unspecified atom stereocenters. The van der Waals surface area contributed by atoms with Crippen LogP contribution in [0.4, 0.5) is 62.6 Å². The molecule has 7 atom stereocenters. The SMILES string of the molecule is [2H]C(C)(C)N1C=CN(c2c(C)ccc3c2oc2nc(C)ccc23)C1C.[2H]C(C)(C)N1c2ccccc2N(c2c(C)ccc3c2oc2nc(C)ccc23)C1C.[2H]C([2H])([2H])C([2H])(C)N1C=CN(c2c(C)ccc3c2oc2nc(C)ccc23)C1C.[2H]C([2H])([2H])C([2H])(C)N1c2ccccc2N(c2c(C)ccc3c2oc2nc(C)ccc23)C1C.[2H]C([2H])([2H])N1c2ccccc2N(c2c(C)ccc3c2oc2nc(C)ccc23)C1C. The van der Waals surface area contributed by atoms with Gasteiger partial charge in [-0.3, -0.25) is 0 Å². The fraction of sp³-hybridized carbons (Fsp3) is 0.300. The van der Waals surface area contributed by atoms with Crippen LogP contribution in [-0.2, 0) is 0 Å². The Kier molecular flexibility index (Phi) is 18.2. The zero-order valence-electron chi connectivity index (χ0n) is 90.4. The molecular weight excluding hydrogens is 1610 g/mol. The largest absolute Gasteiger partial charge is 0.435 e. The number of benzene rings is 8. The van der Waals surface area contributed by atoms with Gasteiger partial charge in [0.1, 0.15) is 30.8 Å². The van der Waals surface area contributed by atoms with Crippen LogP contribution in [0.25, 0.3) is 110 Å². The number of fused-ring (bicyclic) bond motifs is 18. The number of aromatic nitrogens is 5. The smallest absolute Gasteiger partial charge is 0.227 e. The molecule has 0 radical (unpaired) electrons. The molecule has 0 bridgehead atoms. The van der Waals surface area contributed by atoms with E-state index in [9.17, 15) is 0 Å². The number of hydrogen-bond donors (Lipinski definition) is 0. The number of aryl methyl sites for hydroxylation is 10. The first-order valence-corrected chi connectivity index (χ1v) is 44.4. The van der Waals surface area contributed by atoms with Crippen molar-refractivity contribution in [2.75, 3.05) is 46.2 Å². The number of furan rings is 5. The number of anilines is 11. The molecule has 20 nitrogen and oxygen atoms in total. The molecule has 0 saturated heterocycles. The highest BCUT2D eigenvalue weighted by Gasteiger charge is 2.41. The molecule has 10 aromatic heterocycles. The predicted molar refractivity (Wildman–Crippen MR) is 539 cm³/mol. The Morgan fingerprint density at radius 2 is 0.531 bits per heavy atom. The fourth-order valence-electron chi connectivity index (χ4n) is 19.7. The minimum atomic E-state index is -2.49. The number of nitrogens with zero attached hydrogens (tertiary/aromatic N) is 15. The van der Waals surface area contributed by atoms with Crippen LogP contribution < -0.4 is 39.2 Å². The molecule has 8 aromatic carbocycles. The van der Waals surface area contributed by atoms with Gasteiger partial charge in [0.25, 0.3) is 0 Å². The van der Waals surface area contributed by atoms with Gasteiger partial charge < -0.3 is 71.1 Å². The Labute approximate surface area is 779 Å². The summed E-state index contributed by atoms with van der Waals surface area (Å²) in [5.74, 6) is 0. The van der Waals surface area contributed by atoms with Gasteiger partial charge in [-0.15, -0.1) is 0 Å². The van der Waals surface area contributed by atoms with Crippen LogP contribution in [0.2, 0.25) is 0 Å². The van der Waals surface area contributed by atoms with Gasteiger partial charge in [0.15, 0.2) is 27.9 Å². The van der Waals surface area contributed by atoms with Gasteiger partial charge in [0, 0.05) is 151 Å². The Morgan fingerprint density at radius 1 is 0.269 bits per heavy atom. The second-order valence-corrected chi connectivity index (χ2v) is 35.2. The van der Waals surface area contributed by atoms with Crippen molar-refractivity contribution in [2.45, 2.75) is 214 Å². The molecule has 0 N–H and O–H groups in total. The molecule has 20 heteroatoms. The van der Waals surface area contributed by atoms with E-state index in [1.165, 1.54) is 18.7 Å². The van der Waals surface area contributed by atoms with Crippen molar-refractivity contribution in [1.82, 2.24) is 34.7 Å². The maximum absolute atomic E-state index is 8.82. The standard InChI is InChI=1S/2C24H25N3O.C22H21N3O.2C20H23N3O/c2*1-14(2)26-17(5)27(21-9-7-6-8-20(21)26)22-15(3)10-12-18-19-13-11-16(4)25-24(19)28-23(18)22;1-13-9-11-16-17-12-10-14(2)23-22(17)26-21(16)20(13)25-15(3)24(4)18-7-5-6-8-19(18)25;2*1-12(2)22-10-11-23(15(22)5)18-13(3)6-8-16-17-9-7-14(4)21-20(17)24-19(16)18/h2*6-14,17H,1-5H3;5-12,15H,1-4H3;2*6-12,15H,1-5H3/i1D3,14D;14D;4D3;1D3,12D;12D. The van der Waals surface area contributed by atoms with Crippen molar-refractivity contribution >= 4 is 173 Å². The zero-order valence-corrected chi connectivity index (χ0v) is 77.4. The van der Waals surface area contributed by atoms with Gasteiger partial charge >= 0.3 is 0 Å². The van der Waals surface area contributed by atoms with Crippen LogP contribution >= 0.6 is 0 Å². The van der Waals surface area contributed by atoms with Crippen LogP contribution in [0.15, 0.2) is 241 Å². The molecule has 130 heavy (non-hydrogen) atoms. The summed E-state index contributed by atoms with van der Waals surface area (Å²) in [6.45, 7) is 33.3. The molecule has 0 amide bonds. The lowest BCUT2D eigenvalue weighted by atomic mass is 10.1. The summed E-state index contributed by atoms with van der Waals surface area (Å²) in [6, 6.07) is 59.5. The van der Waals surface area contributed by atoms with E-state index in [0.29, 0.717) is 45.4 Å². The molecular formula is C110H117N15O5. The number of hydrogen-bond acceptors (Lipinski definition) is 20. The first-order valence-electron chi connectivity index (χ1n) is 50.9. The fourth-order valence-corrected chi connectivity index (χ4v) is 19.7. The molecule has 15 heterocycles. The van der Waals surface area contributed by atoms with Crippen LogP contribution in [0, 0.1) is 69.2 Å². The zero-order chi connectivity index (χ0) is 102. The topological polar surface area (TPSA) is 163 Å². The first-order chi connectivity index (χ1) is 67.3. The summed E-state index contributed by atoms with van der Waals surface area (Å²) >= 11 is 0. The van der Waals surface area contributed by atoms with E-state index in [1.54, 1.807) is 16.0 Å². The van der Waals surface area contributed by atoms with Gasteiger partial charge in [-0.2, -0.15) is 0 Å². The lowest BCUT2D eigenvalue weighted by Gasteiger charge is -2.33. The summed E-state index contributed by atoms with van der Waals surface area (Å²) in [5.41, 5.74) is 26.8. The predicted octanol–water partition coefficient (Wildman–Crippen LogP) is 28.0. The second kappa shape index (κ2) is 33.2. The molecule has 23 rings (SSSR count). The Bertz CT molecular complexity index is 7960. The Balaban J connectivity index is 0.000000114. The summed E-state index contributed by atoms with van der Waals surface area (Å²) in [5, 5.41) is 9.96. The molecule has 18 aromatic rings. The minimum Gasteiger partial charge on any atom is -0.435 e. The van der Waals surface area contributed by atoms with Gasteiger partial charge in [-0.05, 0) is 284 Å². The van der Waals surface area contributed by atoms with E-state index in [1.807, 2.05) is 266 Å². The summed E-state index contributed by atoms with van der Waals surface area (Å²) in [6.07, 6.45) is 6.37. The molecule has 662 valence electrons. The lowest BCUT2D eigenvalue weighted by molar-refractivity contribution is 0.263. The molecule has 0 spiro atoms. The minimum absolute atomic E-state index is 0.0212. The maximum atomic E-state index is 8.82.